The molecule has 1 saturated carbocycles. The SMILES string of the molecule is CSc1ccc(C(O)C2=C(C)Cc3ccc(C4CC4)nc32)cn1. The average Bonchev–Trinajstić information content (AvgIpc) is 3.36. The second-order valence-corrected chi connectivity index (χ2v) is 7.25. The molecule has 2 aliphatic carbocycles. The van der Waals surface area contributed by atoms with Crippen molar-refractivity contribution in [3.05, 3.63) is 58.6 Å². The number of nitrogens with zero attached hydrogens (tertiary/aromatic N) is 2. The molecule has 0 aromatic carbocycles. The minimum absolute atomic E-state index is 0.627. The summed E-state index contributed by atoms with van der Waals surface area (Å²) in [4.78, 5) is 9.27. The van der Waals surface area contributed by atoms with E-state index >= 15 is 0 Å². The fourth-order valence-electron chi connectivity index (χ4n) is 3.27. The van der Waals surface area contributed by atoms with E-state index < -0.39 is 6.10 Å². The Bertz CT molecular complexity index is 778. The van der Waals surface area contributed by atoms with Crippen LogP contribution in [0.15, 0.2) is 41.1 Å². The molecule has 0 spiro atoms. The highest BCUT2D eigenvalue weighted by Gasteiger charge is 2.30. The van der Waals surface area contributed by atoms with Gasteiger partial charge in [0.25, 0.3) is 0 Å². The number of fused-ring (bicyclic) bond motifs is 1. The predicted molar refractivity (Wildman–Crippen MR) is 93.5 cm³/mol. The van der Waals surface area contributed by atoms with Gasteiger partial charge in [-0.2, -0.15) is 0 Å². The number of rotatable bonds is 4. The van der Waals surface area contributed by atoms with E-state index in [1.807, 2.05) is 18.4 Å². The fourth-order valence-corrected chi connectivity index (χ4v) is 3.63. The van der Waals surface area contributed by atoms with E-state index in [0.29, 0.717) is 5.92 Å². The third kappa shape index (κ3) is 2.70. The zero-order valence-electron chi connectivity index (χ0n) is 13.4. The topological polar surface area (TPSA) is 46.0 Å². The van der Waals surface area contributed by atoms with E-state index in [-0.39, 0.29) is 0 Å². The van der Waals surface area contributed by atoms with Crippen LogP contribution in [0.5, 0.6) is 0 Å². The zero-order valence-corrected chi connectivity index (χ0v) is 14.2. The molecule has 0 radical (unpaired) electrons. The number of aromatic nitrogens is 2. The number of hydrogen-bond donors (Lipinski definition) is 1. The number of aliphatic hydroxyl groups is 1. The molecule has 4 heteroatoms. The Kier molecular flexibility index (Phi) is 3.74. The number of pyridine rings is 2. The van der Waals surface area contributed by atoms with Crippen LogP contribution in [0.2, 0.25) is 0 Å². The molecule has 1 unspecified atom stereocenters. The number of aliphatic hydroxyl groups excluding tert-OH is 1. The van der Waals surface area contributed by atoms with Crippen molar-refractivity contribution < 1.29 is 5.11 Å². The van der Waals surface area contributed by atoms with Gasteiger partial charge < -0.3 is 5.11 Å². The lowest BCUT2D eigenvalue weighted by atomic mass is 9.99. The third-order valence-corrected chi connectivity index (χ3v) is 5.38. The van der Waals surface area contributed by atoms with Crippen LogP contribution in [-0.2, 0) is 6.42 Å². The molecule has 0 bridgehead atoms. The molecule has 118 valence electrons. The summed E-state index contributed by atoms with van der Waals surface area (Å²) in [7, 11) is 0. The van der Waals surface area contributed by atoms with E-state index in [0.717, 1.165) is 28.3 Å². The quantitative estimate of drug-likeness (QED) is 0.859. The maximum atomic E-state index is 10.9. The van der Waals surface area contributed by atoms with Crippen molar-refractivity contribution in [2.75, 3.05) is 6.26 Å². The molecule has 2 aromatic heterocycles. The summed E-state index contributed by atoms with van der Waals surface area (Å²) in [6.07, 6.45) is 6.50. The molecular formula is C19H20N2OS. The summed E-state index contributed by atoms with van der Waals surface area (Å²) >= 11 is 1.61. The summed E-state index contributed by atoms with van der Waals surface area (Å²) in [6, 6.07) is 8.28. The number of thioether (sulfide) groups is 1. The standard InChI is InChI=1S/C19H20N2OS/c1-11-9-13-5-7-15(12-3-4-12)21-18(13)17(11)19(22)14-6-8-16(23-2)20-10-14/h5-8,10,12,19,22H,3-4,9H2,1-2H3. The van der Waals surface area contributed by atoms with Crippen LogP contribution in [-0.4, -0.2) is 21.3 Å². The number of hydrogen-bond acceptors (Lipinski definition) is 4. The Morgan fingerprint density at radius 2 is 2.04 bits per heavy atom. The normalized spacial score (nSPS) is 18.2. The van der Waals surface area contributed by atoms with E-state index in [2.05, 4.69) is 24.0 Å². The van der Waals surface area contributed by atoms with E-state index in [9.17, 15) is 5.11 Å². The lowest BCUT2D eigenvalue weighted by Crippen LogP contribution is -2.04. The van der Waals surface area contributed by atoms with Gasteiger partial charge in [0.15, 0.2) is 0 Å². The first-order valence-electron chi connectivity index (χ1n) is 8.05. The monoisotopic (exact) mass is 324 g/mol. The molecule has 0 aliphatic heterocycles. The molecule has 4 rings (SSSR count). The van der Waals surface area contributed by atoms with Crippen LogP contribution in [0, 0.1) is 0 Å². The highest BCUT2D eigenvalue weighted by atomic mass is 32.2. The first-order valence-corrected chi connectivity index (χ1v) is 9.27. The Balaban J connectivity index is 1.70. The zero-order chi connectivity index (χ0) is 16.0. The highest BCUT2D eigenvalue weighted by molar-refractivity contribution is 7.98. The molecule has 2 aromatic rings. The highest BCUT2D eigenvalue weighted by Crippen LogP contribution is 2.43. The van der Waals surface area contributed by atoms with Gasteiger partial charge in [0.05, 0.1) is 10.7 Å². The van der Waals surface area contributed by atoms with Gasteiger partial charge in [-0.1, -0.05) is 17.7 Å². The van der Waals surface area contributed by atoms with Crippen LogP contribution in [0.3, 0.4) is 0 Å². The first-order chi connectivity index (χ1) is 11.2. The van der Waals surface area contributed by atoms with E-state index in [1.54, 1.807) is 18.0 Å². The molecule has 1 N–H and O–H groups in total. The molecule has 0 saturated heterocycles. The van der Waals surface area contributed by atoms with Crippen molar-refractivity contribution >= 4 is 17.3 Å². The summed E-state index contributed by atoms with van der Waals surface area (Å²) in [6.45, 7) is 2.10. The average molecular weight is 324 g/mol. The summed E-state index contributed by atoms with van der Waals surface area (Å²) in [5.41, 5.74) is 6.42. The maximum absolute atomic E-state index is 10.9. The molecular weight excluding hydrogens is 304 g/mol. The lowest BCUT2D eigenvalue weighted by Gasteiger charge is -2.15. The van der Waals surface area contributed by atoms with Crippen LogP contribution >= 0.6 is 11.8 Å². The van der Waals surface area contributed by atoms with Gasteiger partial charge in [-0.3, -0.25) is 4.98 Å². The largest absolute Gasteiger partial charge is 0.384 e. The van der Waals surface area contributed by atoms with Crippen molar-refractivity contribution in [1.82, 2.24) is 9.97 Å². The summed E-state index contributed by atoms with van der Waals surface area (Å²) in [5, 5.41) is 11.9. The van der Waals surface area contributed by atoms with Crippen molar-refractivity contribution in [3.8, 4) is 0 Å². The maximum Gasteiger partial charge on any atom is 0.108 e. The van der Waals surface area contributed by atoms with Crippen LogP contribution in [0.1, 0.15) is 54.3 Å². The lowest BCUT2D eigenvalue weighted by molar-refractivity contribution is 0.237. The molecule has 2 aliphatic rings. The Morgan fingerprint density at radius 3 is 2.70 bits per heavy atom. The van der Waals surface area contributed by atoms with Crippen molar-refractivity contribution in [2.45, 2.75) is 43.2 Å². The van der Waals surface area contributed by atoms with Gasteiger partial charge in [0, 0.05) is 28.9 Å². The van der Waals surface area contributed by atoms with Gasteiger partial charge in [0.2, 0.25) is 0 Å². The van der Waals surface area contributed by atoms with Gasteiger partial charge >= 0.3 is 0 Å². The molecule has 3 nitrogen and oxygen atoms in total. The second-order valence-electron chi connectivity index (χ2n) is 6.43. The van der Waals surface area contributed by atoms with Crippen molar-refractivity contribution in [1.29, 1.82) is 0 Å². The third-order valence-electron chi connectivity index (χ3n) is 4.72. The van der Waals surface area contributed by atoms with E-state index in [1.165, 1.54) is 29.7 Å². The predicted octanol–water partition coefficient (Wildman–Crippen LogP) is 4.14. The molecule has 23 heavy (non-hydrogen) atoms. The van der Waals surface area contributed by atoms with Gasteiger partial charge in [-0.15, -0.1) is 11.8 Å². The minimum Gasteiger partial charge on any atom is -0.384 e. The van der Waals surface area contributed by atoms with Crippen LogP contribution in [0.25, 0.3) is 5.57 Å². The Morgan fingerprint density at radius 1 is 1.22 bits per heavy atom. The smallest absolute Gasteiger partial charge is 0.108 e. The van der Waals surface area contributed by atoms with E-state index in [4.69, 9.17) is 4.98 Å². The van der Waals surface area contributed by atoms with Gasteiger partial charge in [0.1, 0.15) is 6.10 Å². The fraction of sp³-hybridized carbons (Fsp3) is 0.368. The number of allylic oxidation sites excluding steroid dienone is 1. The van der Waals surface area contributed by atoms with Gasteiger partial charge in [-0.05, 0) is 50.1 Å². The minimum atomic E-state index is -0.651. The molecule has 1 atom stereocenters. The first kappa shape index (κ1) is 14.9. The van der Waals surface area contributed by atoms with Gasteiger partial charge in [-0.25, -0.2) is 4.98 Å². The molecule has 0 amide bonds. The Hall–Kier alpha value is -1.65. The Labute approximate surface area is 140 Å². The molecule has 1 fully saturated rings. The summed E-state index contributed by atoms with van der Waals surface area (Å²) in [5.74, 6) is 0.627. The van der Waals surface area contributed by atoms with Crippen molar-refractivity contribution in [3.63, 3.8) is 0 Å². The molecule has 2 heterocycles. The van der Waals surface area contributed by atoms with Crippen LogP contribution < -0.4 is 0 Å². The second kappa shape index (κ2) is 5.77. The van der Waals surface area contributed by atoms with Crippen LogP contribution in [0.4, 0.5) is 0 Å². The van der Waals surface area contributed by atoms with Crippen molar-refractivity contribution in [2.24, 2.45) is 0 Å². The summed E-state index contributed by atoms with van der Waals surface area (Å²) < 4.78 is 0.